The van der Waals surface area contributed by atoms with Crippen molar-refractivity contribution in [2.45, 2.75) is 6.92 Å². The summed E-state index contributed by atoms with van der Waals surface area (Å²) in [6.45, 7) is 1.32. The van der Waals surface area contributed by atoms with Crippen LogP contribution in [0.25, 0.3) is 0 Å². The summed E-state index contributed by atoms with van der Waals surface area (Å²) in [6.07, 6.45) is 0. The summed E-state index contributed by atoms with van der Waals surface area (Å²) in [7, 11) is 0. The monoisotopic (exact) mass is 376 g/mol. The molecule has 0 saturated heterocycles. The minimum absolute atomic E-state index is 0.123. The zero-order valence-corrected chi connectivity index (χ0v) is 15.3. The van der Waals surface area contributed by atoms with Crippen molar-refractivity contribution in [1.82, 2.24) is 0 Å². The fourth-order valence-corrected chi connectivity index (χ4v) is 2.41. The Balaban J connectivity index is 1.47. The molecule has 3 aromatic carbocycles. The van der Waals surface area contributed by atoms with E-state index >= 15 is 0 Å². The van der Waals surface area contributed by atoms with Gasteiger partial charge < -0.3 is 20.1 Å². The van der Waals surface area contributed by atoms with E-state index in [9.17, 15) is 9.59 Å². The number of ether oxygens (including phenoxy) is 2. The van der Waals surface area contributed by atoms with E-state index in [1.54, 1.807) is 48.5 Å². The summed E-state index contributed by atoms with van der Waals surface area (Å²) in [5, 5.41) is 5.43. The number of anilines is 2. The molecule has 0 aromatic heterocycles. The number of nitrogens with one attached hydrogen (secondary N) is 2. The van der Waals surface area contributed by atoms with Gasteiger partial charge in [0.05, 0.1) is 0 Å². The van der Waals surface area contributed by atoms with Crippen molar-refractivity contribution in [2.24, 2.45) is 0 Å². The van der Waals surface area contributed by atoms with Crippen LogP contribution in [0.2, 0.25) is 0 Å². The Kier molecular flexibility index (Phi) is 6.25. The molecule has 0 aliphatic heterocycles. The summed E-state index contributed by atoms with van der Waals surface area (Å²) < 4.78 is 11.2. The summed E-state index contributed by atoms with van der Waals surface area (Å²) in [5.41, 5.74) is 1.32. The fraction of sp³-hybridized carbons (Fsp3) is 0.0909. The SMILES string of the molecule is CC(=O)Nc1ccc(OCC(=O)Nc2ccc(Oc3ccccc3)cc2)cc1. The van der Waals surface area contributed by atoms with E-state index < -0.39 is 0 Å². The van der Waals surface area contributed by atoms with Gasteiger partial charge in [-0.3, -0.25) is 9.59 Å². The van der Waals surface area contributed by atoms with Gasteiger partial charge in [0, 0.05) is 18.3 Å². The quantitative estimate of drug-likeness (QED) is 0.638. The number of amides is 2. The van der Waals surface area contributed by atoms with Crippen molar-refractivity contribution in [2.75, 3.05) is 17.2 Å². The number of para-hydroxylation sites is 1. The van der Waals surface area contributed by atoms with Crippen LogP contribution in [-0.4, -0.2) is 18.4 Å². The van der Waals surface area contributed by atoms with Crippen LogP contribution in [0.3, 0.4) is 0 Å². The van der Waals surface area contributed by atoms with E-state index in [0.29, 0.717) is 22.9 Å². The minimum Gasteiger partial charge on any atom is -0.484 e. The highest BCUT2D eigenvalue weighted by molar-refractivity contribution is 5.92. The number of hydrogen-bond donors (Lipinski definition) is 2. The van der Waals surface area contributed by atoms with Crippen LogP contribution in [0.5, 0.6) is 17.2 Å². The van der Waals surface area contributed by atoms with Gasteiger partial charge in [0.15, 0.2) is 6.61 Å². The largest absolute Gasteiger partial charge is 0.484 e. The second kappa shape index (κ2) is 9.23. The first-order valence-corrected chi connectivity index (χ1v) is 8.72. The van der Waals surface area contributed by atoms with Crippen LogP contribution >= 0.6 is 0 Å². The van der Waals surface area contributed by atoms with E-state index in [-0.39, 0.29) is 18.4 Å². The molecule has 0 heterocycles. The molecule has 6 heteroatoms. The predicted molar refractivity (Wildman–Crippen MR) is 108 cm³/mol. The molecule has 6 nitrogen and oxygen atoms in total. The minimum atomic E-state index is -0.275. The Bertz CT molecular complexity index is 923. The van der Waals surface area contributed by atoms with Gasteiger partial charge in [-0.25, -0.2) is 0 Å². The first-order chi connectivity index (χ1) is 13.6. The molecule has 3 aromatic rings. The molecule has 142 valence electrons. The molecular weight excluding hydrogens is 356 g/mol. The number of carbonyl (C=O) groups is 2. The van der Waals surface area contributed by atoms with Crippen molar-refractivity contribution >= 4 is 23.2 Å². The molecule has 2 amide bonds. The van der Waals surface area contributed by atoms with Crippen LogP contribution in [-0.2, 0) is 9.59 Å². The number of rotatable bonds is 7. The van der Waals surface area contributed by atoms with Gasteiger partial charge >= 0.3 is 0 Å². The lowest BCUT2D eigenvalue weighted by molar-refractivity contribution is -0.118. The molecule has 0 bridgehead atoms. The van der Waals surface area contributed by atoms with Crippen LogP contribution in [0.4, 0.5) is 11.4 Å². The van der Waals surface area contributed by atoms with E-state index in [4.69, 9.17) is 9.47 Å². The van der Waals surface area contributed by atoms with Gasteiger partial charge in [0.25, 0.3) is 5.91 Å². The maximum atomic E-state index is 12.0. The van der Waals surface area contributed by atoms with Crippen LogP contribution in [0, 0.1) is 0 Å². The Morgan fingerprint density at radius 2 is 1.25 bits per heavy atom. The van der Waals surface area contributed by atoms with Crippen LogP contribution in [0.1, 0.15) is 6.92 Å². The van der Waals surface area contributed by atoms with E-state index in [0.717, 1.165) is 5.75 Å². The third kappa shape index (κ3) is 5.88. The van der Waals surface area contributed by atoms with Gasteiger partial charge in [-0.2, -0.15) is 0 Å². The molecule has 0 unspecified atom stereocenters. The standard InChI is InChI=1S/C22H20N2O4/c1-16(25)23-17-7-11-19(12-8-17)27-15-22(26)24-18-9-13-21(14-10-18)28-20-5-3-2-4-6-20/h2-14H,15H2,1H3,(H,23,25)(H,24,26). The van der Waals surface area contributed by atoms with E-state index in [1.807, 2.05) is 30.3 Å². The fourth-order valence-electron chi connectivity index (χ4n) is 2.41. The third-order valence-corrected chi connectivity index (χ3v) is 3.66. The Morgan fingerprint density at radius 3 is 1.86 bits per heavy atom. The normalized spacial score (nSPS) is 10.0. The number of benzene rings is 3. The number of carbonyl (C=O) groups excluding carboxylic acids is 2. The predicted octanol–water partition coefficient (Wildman–Crippen LogP) is 4.45. The lowest BCUT2D eigenvalue weighted by atomic mass is 10.3. The Morgan fingerprint density at radius 1 is 0.714 bits per heavy atom. The highest BCUT2D eigenvalue weighted by atomic mass is 16.5. The highest BCUT2D eigenvalue weighted by Gasteiger charge is 2.05. The number of hydrogen-bond acceptors (Lipinski definition) is 4. The Hall–Kier alpha value is -3.80. The molecule has 0 atom stereocenters. The molecule has 0 aliphatic rings. The second-order valence-corrected chi connectivity index (χ2v) is 5.98. The second-order valence-electron chi connectivity index (χ2n) is 5.98. The summed E-state index contributed by atoms with van der Waals surface area (Å²) in [6, 6.07) is 23.3. The highest BCUT2D eigenvalue weighted by Crippen LogP contribution is 2.22. The molecule has 0 radical (unpaired) electrons. The van der Waals surface area contributed by atoms with Crippen molar-refractivity contribution in [1.29, 1.82) is 0 Å². The van der Waals surface area contributed by atoms with E-state index in [2.05, 4.69) is 10.6 Å². The molecule has 3 rings (SSSR count). The summed E-state index contributed by atoms with van der Waals surface area (Å²) in [5.74, 6) is 1.55. The van der Waals surface area contributed by atoms with Gasteiger partial charge in [-0.05, 0) is 60.7 Å². The Labute approximate surface area is 163 Å². The van der Waals surface area contributed by atoms with Gasteiger partial charge in [0.2, 0.25) is 5.91 Å². The molecule has 0 spiro atoms. The smallest absolute Gasteiger partial charge is 0.262 e. The lowest BCUT2D eigenvalue weighted by Crippen LogP contribution is -2.20. The van der Waals surface area contributed by atoms with Crippen molar-refractivity contribution in [3.63, 3.8) is 0 Å². The molecule has 2 N–H and O–H groups in total. The summed E-state index contributed by atoms with van der Waals surface area (Å²) >= 11 is 0. The molecular formula is C22H20N2O4. The maximum absolute atomic E-state index is 12.0. The molecule has 28 heavy (non-hydrogen) atoms. The lowest BCUT2D eigenvalue weighted by Gasteiger charge is -2.09. The topological polar surface area (TPSA) is 76.7 Å². The molecule has 0 fully saturated rings. The summed E-state index contributed by atoms with van der Waals surface area (Å²) in [4.78, 5) is 23.0. The first kappa shape index (κ1) is 19.0. The van der Waals surface area contributed by atoms with E-state index in [1.165, 1.54) is 6.92 Å². The average molecular weight is 376 g/mol. The van der Waals surface area contributed by atoms with Gasteiger partial charge in [-0.15, -0.1) is 0 Å². The zero-order valence-electron chi connectivity index (χ0n) is 15.3. The van der Waals surface area contributed by atoms with Crippen molar-refractivity contribution < 1.29 is 19.1 Å². The van der Waals surface area contributed by atoms with Gasteiger partial charge in [0.1, 0.15) is 17.2 Å². The van der Waals surface area contributed by atoms with Crippen molar-refractivity contribution in [3.05, 3.63) is 78.9 Å². The average Bonchev–Trinajstić information content (AvgIpc) is 2.69. The van der Waals surface area contributed by atoms with Gasteiger partial charge in [-0.1, -0.05) is 18.2 Å². The maximum Gasteiger partial charge on any atom is 0.262 e. The molecule has 0 aliphatic carbocycles. The van der Waals surface area contributed by atoms with Crippen LogP contribution < -0.4 is 20.1 Å². The first-order valence-electron chi connectivity index (χ1n) is 8.72. The van der Waals surface area contributed by atoms with Crippen molar-refractivity contribution in [3.8, 4) is 17.2 Å². The van der Waals surface area contributed by atoms with Crippen LogP contribution in [0.15, 0.2) is 78.9 Å². The zero-order chi connectivity index (χ0) is 19.8. The molecule has 0 saturated carbocycles. The third-order valence-electron chi connectivity index (χ3n) is 3.66.